The molecule has 0 saturated heterocycles. The topological polar surface area (TPSA) is 13.0 Å². The van der Waals surface area contributed by atoms with Crippen LogP contribution >= 0.6 is 0 Å². The highest BCUT2D eigenvalue weighted by Crippen LogP contribution is 2.49. The maximum absolute atomic E-state index is 2.42. The lowest BCUT2D eigenvalue weighted by atomic mass is 9.87. The van der Waals surface area contributed by atoms with E-state index >= 15 is 0 Å². The number of hydrogen-bond donors (Lipinski definition) is 0. The van der Waals surface area contributed by atoms with Crippen LogP contribution in [0.3, 0.4) is 0 Å². The van der Waals surface area contributed by atoms with E-state index < -0.39 is 16.1 Å². The first-order valence-corrected chi connectivity index (χ1v) is 50.7. The van der Waals surface area contributed by atoms with E-state index in [0.717, 1.165) is 68.2 Å². The Hall–Kier alpha value is -13.9. The van der Waals surface area contributed by atoms with E-state index in [0.29, 0.717) is 0 Å². The Morgan fingerprint density at radius 2 is 0.315 bits per heavy atom. The minimum Gasteiger partial charge on any atom is -0.310 e. The van der Waals surface area contributed by atoms with E-state index in [1.165, 1.54) is 131 Å². The monoisotopic (exact) mass is 1630 g/mol. The molecule has 0 aliphatic carbocycles. The fourth-order valence-electron chi connectivity index (χ4n) is 18.1. The summed E-state index contributed by atoms with van der Waals surface area (Å²) in [7, 11) is -2.94. The van der Waals surface area contributed by atoms with Gasteiger partial charge in [-0.1, -0.05) is 358 Å². The van der Waals surface area contributed by atoms with Gasteiger partial charge in [-0.2, -0.15) is 0 Å². The molecule has 0 heterocycles. The summed E-state index contributed by atoms with van der Waals surface area (Å²) in [6, 6.07) is 153. The Bertz CT molecular complexity index is 6150. The molecule has 0 spiro atoms. The van der Waals surface area contributed by atoms with Crippen molar-refractivity contribution in [2.75, 3.05) is 19.6 Å². The van der Waals surface area contributed by atoms with Crippen molar-refractivity contribution in [3.8, 4) is 44.5 Å². The second kappa shape index (κ2) is 32.5. The van der Waals surface area contributed by atoms with E-state index in [1.54, 1.807) is 0 Å². The molecule has 0 atom stereocenters. The van der Waals surface area contributed by atoms with Crippen LogP contribution in [-0.4, -0.2) is 16.1 Å². The Morgan fingerprint density at radius 1 is 0.161 bits per heavy atom. The molecule has 4 nitrogen and oxygen atoms in total. The molecular weight excluding hydrogens is 1530 g/mol. The molecule has 20 aromatic carbocycles. The second-order valence-electron chi connectivity index (χ2n) is 37.5. The normalized spacial score (nSPS) is 12.0. The van der Waals surface area contributed by atoms with Gasteiger partial charge in [0.2, 0.25) is 0 Å². The Kier molecular flexibility index (Phi) is 20.9. The molecule has 0 N–H and O–H groups in total. The average Bonchev–Trinajstić information content (AvgIpc) is 0.729. The molecule has 20 rings (SSSR count). The highest BCUT2D eigenvalue weighted by molar-refractivity contribution is 6.89. The fourth-order valence-corrected chi connectivity index (χ4v) is 20.4. The van der Waals surface area contributed by atoms with Gasteiger partial charge < -0.3 is 19.6 Å². The van der Waals surface area contributed by atoms with Crippen molar-refractivity contribution in [3.63, 3.8) is 0 Å². The van der Waals surface area contributed by atoms with Crippen LogP contribution in [0.5, 0.6) is 0 Å². The largest absolute Gasteiger partial charge is 0.310 e. The molecule has 604 valence electrons. The molecule has 0 fully saturated rings. The first kappa shape index (κ1) is 79.9. The molecule has 0 bridgehead atoms. The number of hydrogen-bond acceptors (Lipinski definition) is 4. The molecular formula is C118H104N4Si2. The summed E-state index contributed by atoms with van der Waals surface area (Å²) in [6.45, 7) is 28.1. The number of benzene rings is 20. The van der Waals surface area contributed by atoms with Gasteiger partial charge in [-0.25, -0.2) is 0 Å². The van der Waals surface area contributed by atoms with Crippen molar-refractivity contribution in [2.24, 2.45) is 0 Å². The average molecular weight is 1630 g/mol. The molecule has 0 amide bonds. The third-order valence-electron chi connectivity index (χ3n) is 24.9. The van der Waals surface area contributed by atoms with Crippen LogP contribution in [0, 0.1) is 0 Å². The van der Waals surface area contributed by atoms with Gasteiger partial charge >= 0.3 is 0 Å². The molecule has 124 heavy (non-hydrogen) atoms. The van der Waals surface area contributed by atoms with Gasteiger partial charge in [0.15, 0.2) is 0 Å². The van der Waals surface area contributed by atoms with E-state index in [1.807, 2.05) is 0 Å². The van der Waals surface area contributed by atoms with Gasteiger partial charge in [0.1, 0.15) is 0 Å². The summed E-state index contributed by atoms with van der Waals surface area (Å²) in [5.41, 5.74) is 26.2. The predicted octanol–water partition coefficient (Wildman–Crippen LogP) is 33.4. The van der Waals surface area contributed by atoms with Gasteiger partial charge in [-0.3, -0.25) is 0 Å². The highest BCUT2D eigenvalue weighted by Gasteiger charge is 2.27. The lowest BCUT2D eigenvalue weighted by molar-refractivity contribution is 0.590. The molecule has 0 unspecified atom stereocenters. The maximum Gasteiger partial charge on any atom is 0.0775 e. The molecule has 0 aromatic heterocycles. The molecule has 0 radical (unpaired) electrons. The summed E-state index contributed by atoms with van der Waals surface area (Å²) in [5, 5.41) is 18.0. The van der Waals surface area contributed by atoms with E-state index in [9.17, 15) is 0 Å². The summed E-state index contributed by atoms with van der Waals surface area (Å²) >= 11 is 0. The van der Waals surface area contributed by atoms with Gasteiger partial charge in [0, 0.05) is 68.2 Å². The Labute approximate surface area is 733 Å². The zero-order valence-electron chi connectivity index (χ0n) is 73.0. The van der Waals surface area contributed by atoms with Crippen molar-refractivity contribution < 1.29 is 0 Å². The first-order valence-electron chi connectivity index (χ1n) is 43.7. The lowest BCUT2D eigenvalue weighted by Crippen LogP contribution is -2.37. The van der Waals surface area contributed by atoms with Gasteiger partial charge in [0.05, 0.1) is 16.1 Å². The standard InChI is InChI=1S/C60H52N2.C58H52N2Si2/c1-59(2,3)49-25-33-53(34-26-49)61(51-29-21-43(22-30-51)41-13-9-7-10-14-41)55-37-45-17-19-47-39-56(40-48-20-18-46(38-55)57(45)58(47)48)62(54-35-27-50(28-36-54)60(4,5)6)52-31-23-44(24-32-52)42-15-11-8-12-16-42;1-61(2,3)55-33-29-51(30-34-55)59(49-25-21-43(22-26-49)41-13-9-7-10-14-41)53-37-45-17-19-47-39-54(40-48-20-18-46(38-53)57(45)58(47)48)60(52-31-35-56(36-32-52)62(4,5)6)50-27-23-44(24-28-50)42-15-11-8-12-16-42/h2*7-40H,1-6H3. The summed E-state index contributed by atoms with van der Waals surface area (Å²) in [6.07, 6.45) is 0. The number of rotatable bonds is 18. The van der Waals surface area contributed by atoms with Gasteiger partial charge in [0.25, 0.3) is 0 Å². The maximum atomic E-state index is 2.42. The Balaban J connectivity index is 0.000000163. The second-order valence-corrected chi connectivity index (χ2v) is 47.7. The van der Waals surface area contributed by atoms with Crippen molar-refractivity contribution >= 4 is 159 Å². The van der Waals surface area contributed by atoms with Crippen molar-refractivity contribution in [1.29, 1.82) is 0 Å². The minimum atomic E-state index is -1.47. The molecule has 0 aliphatic rings. The van der Waals surface area contributed by atoms with Crippen molar-refractivity contribution in [2.45, 2.75) is 91.7 Å². The van der Waals surface area contributed by atoms with E-state index in [4.69, 9.17) is 0 Å². The number of anilines is 12. The van der Waals surface area contributed by atoms with E-state index in [-0.39, 0.29) is 10.8 Å². The van der Waals surface area contributed by atoms with Crippen molar-refractivity contribution in [1.82, 2.24) is 0 Å². The Morgan fingerprint density at radius 3 is 0.476 bits per heavy atom. The van der Waals surface area contributed by atoms with Crippen LogP contribution in [0.15, 0.2) is 413 Å². The van der Waals surface area contributed by atoms with Crippen LogP contribution in [0.1, 0.15) is 52.7 Å². The third-order valence-corrected chi connectivity index (χ3v) is 29.1. The SMILES string of the molecule is CC(C)(C)c1ccc(N(c2ccc(-c3ccccc3)cc2)c2cc3ccc4cc(N(c5ccc(-c6ccccc6)cc5)c5ccc(C(C)(C)C)cc5)cc5ccc(c2)c3c45)cc1.C[Si](C)(C)c1ccc(N(c2ccc(-c3ccccc3)cc2)c2cc3ccc4cc(N(c5ccc(-c6ccccc6)cc5)c5ccc([Si](C)(C)C)cc5)cc5ccc(c2)c3c45)cc1. The van der Waals surface area contributed by atoms with Crippen molar-refractivity contribution in [3.05, 3.63) is 424 Å². The van der Waals surface area contributed by atoms with Crippen LogP contribution in [0.4, 0.5) is 68.2 Å². The van der Waals surface area contributed by atoms with Crippen LogP contribution in [-0.2, 0) is 10.8 Å². The molecule has 6 heteroatoms. The molecule has 20 aromatic rings. The molecule has 0 aliphatic heterocycles. The smallest absolute Gasteiger partial charge is 0.0775 e. The third kappa shape index (κ3) is 16.0. The number of nitrogens with zero attached hydrogens (tertiary/aromatic N) is 4. The fraction of sp³-hybridized carbons (Fsp3) is 0.119. The highest BCUT2D eigenvalue weighted by atomic mass is 28.3. The van der Waals surface area contributed by atoms with E-state index in [2.05, 4.69) is 513 Å². The zero-order valence-corrected chi connectivity index (χ0v) is 75.0. The summed E-state index contributed by atoms with van der Waals surface area (Å²) in [5.74, 6) is 0. The van der Waals surface area contributed by atoms with Gasteiger partial charge in [-0.15, -0.1) is 0 Å². The predicted molar refractivity (Wildman–Crippen MR) is 544 cm³/mol. The lowest BCUT2D eigenvalue weighted by Gasteiger charge is -2.29. The summed E-state index contributed by atoms with van der Waals surface area (Å²) < 4.78 is 0. The summed E-state index contributed by atoms with van der Waals surface area (Å²) in [4.78, 5) is 9.65. The zero-order chi connectivity index (χ0) is 85.2. The van der Waals surface area contributed by atoms with Gasteiger partial charge in [-0.05, 0) is 277 Å². The minimum absolute atomic E-state index is 0.0676. The van der Waals surface area contributed by atoms with Crippen LogP contribution in [0.2, 0.25) is 39.3 Å². The molecule has 0 saturated carbocycles. The van der Waals surface area contributed by atoms with Crippen LogP contribution < -0.4 is 30.0 Å². The quantitative estimate of drug-likeness (QED) is 0.0627. The first-order chi connectivity index (χ1) is 59.9. The van der Waals surface area contributed by atoms with Crippen LogP contribution in [0.25, 0.3) is 109 Å².